The number of guanidine groups is 1. The molecule has 0 radical (unpaired) electrons. The van der Waals surface area contributed by atoms with Crippen molar-refractivity contribution >= 4 is 35.6 Å². The first kappa shape index (κ1) is 24.1. The number of benzene rings is 1. The van der Waals surface area contributed by atoms with Crippen LogP contribution >= 0.6 is 24.0 Å². The van der Waals surface area contributed by atoms with Crippen LogP contribution in [0.5, 0.6) is 0 Å². The molecule has 0 amide bonds. The van der Waals surface area contributed by atoms with Crippen molar-refractivity contribution in [2.24, 2.45) is 4.99 Å². The summed E-state index contributed by atoms with van der Waals surface area (Å²) in [5.74, 6) is 1.63. The van der Waals surface area contributed by atoms with Gasteiger partial charge < -0.3 is 10.6 Å². The zero-order chi connectivity index (χ0) is 20.5. The number of pyridine rings is 1. The van der Waals surface area contributed by atoms with E-state index in [0.29, 0.717) is 13.1 Å². The van der Waals surface area contributed by atoms with E-state index in [1.165, 1.54) is 11.1 Å². The second-order valence-electron chi connectivity index (χ2n) is 6.88. The molecule has 2 aromatic heterocycles. The third kappa shape index (κ3) is 6.66. The summed E-state index contributed by atoms with van der Waals surface area (Å²) in [6, 6.07) is 14.6. The maximum absolute atomic E-state index is 4.75. The van der Waals surface area contributed by atoms with Crippen molar-refractivity contribution in [1.29, 1.82) is 0 Å². The first-order valence-electron chi connectivity index (χ1n) is 10.3. The Kier molecular flexibility index (Phi) is 10.0. The van der Waals surface area contributed by atoms with Gasteiger partial charge in [0.25, 0.3) is 0 Å². The summed E-state index contributed by atoms with van der Waals surface area (Å²) >= 11 is 0. The van der Waals surface area contributed by atoms with Crippen molar-refractivity contribution in [3.05, 3.63) is 65.6 Å². The van der Waals surface area contributed by atoms with E-state index in [1.807, 2.05) is 28.8 Å². The summed E-state index contributed by atoms with van der Waals surface area (Å²) in [4.78, 5) is 7.16. The van der Waals surface area contributed by atoms with E-state index in [-0.39, 0.29) is 24.0 Å². The Morgan fingerprint density at radius 3 is 2.57 bits per heavy atom. The van der Waals surface area contributed by atoms with Crippen molar-refractivity contribution in [1.82, 2.24) is 30.1 Å². The van der Waals surface area contributed by atoms with Crippen LogP contribution in [-0.4, -0.2) is 45.1 Å². The van der Waals surface area contributed by atoms with E-state index in [4.69, 9.17) is 4.99 Å². The number of aromatic nitrogens is 3. The van der Waals surface area contributed by atoms with Gasteiger partial charge in [0.05, 0.1) is 13.1 Å². The van der Waals surface area contributed by atoms with Crippen molar-refractivity contribution in [2.75, 3.05) is 19.6 Å². The van der Waals surface area contributed by atoms with Gasteiger partial charge in [0.2, 0.25) is 0 Å². The number of nitrogens with zero attached hydrogens (tertiary/aromatic N) is 5. The number of rotatable bonds is 9. The Labute approximate surface area is 196 Å². The molecule has 7 nitrogen and oxygen atoms in total. The lowest BCUT2D eigenvalue weighted by molar-refractivity contribution is 0.296. The van der Waals surface area contributed by atoms with Crippen molar-refractivity contribution in [3.8, 4) is 0 Å². The first-order chi connectivity index (χ1) is 14.2. The number of hydrogen-bond donors (Lipinski definition) is 2. The van der Waals surface area contributed by atoms with Gasteiger partial charge in [-0.15, -0.1) is 34.2 Å². The molecule has 162 valence electrons. The summed E-state index contributed by atoms with van der Waals surface area (Å²) in [6.07, 6.45) is 1.97. The second kappa shape index (κ2) is 12.5. The smallest absolute Gasteiger partial charge is 0.191 e. The molecule has 0 fully saturated rings. The first-order valence-corrected chi connectivity index (χ1v) is 10.3. The Morgan fingerprint density at radius 2 is 1.80 bits per heavy atom. The Hall–Kier alpha value is -2.20. The fourth-order valence-corrected chi connectivity index (χ4v) is 3.22. The lowest BCUT2D eigenvalue weighted by Gasteiger charge is -2.18. The van der Waals surface area contributed by atoms with Gasteiger partial charge in [-0.25, -0.2) is 4.99 Å². The van der Waals surface area contributed by atoms with Gasteiger partial charge in [0.15, 0.2) is 17.4 Å². The Morgan fingerprint density at radius 1 is 1.00 bits per heavy atom. The van der Waals surface area contributed by atoms with Crippen LogP contribution in [0.25, 0.3) is 5.65 Å². The predicted octanol–water partition coefficient (Wildman–Crippen LogP) is 3.44. The van der Waals surface area contributed by atoms with Gasteiger partial charge in [-0.3, -0.25) is 9.30 Å². The molecule has 1 aromatic carbocycles. The maximum atomic E-state index is 4.75. The van der Waals surface area contributed by atoms with Gasteiger partial charge >= 0.3 is 0 Å². The molecule has 0 atom stereocenters. The quantitative estimate of drug-likeness (QED) is 0.257. The average Bonchev–Trinajstić information content (AvgIpc) is 3.17. The van der Waals surface area contributed by atoms with Crippen LogP contribution in [0.1, 0.15) is 37.7 Å². The number of hydrogen-bond acceptors (Lipinski definition) is 4. The summed E-state index contributed by atoms with van der Waals surface area (Å²) < 4.78 is 1.98. The molecule has 0 spiro atoms. The summed E-state index contributed by atoms with van der Waals surface area (Å²) in [5.41, 5.74) is 3.38. The van der Waals surface area contributed by atoms with Gasteiger partial charge in [-0.1, -0.05) is 44.2 Å². The number of fused-ring (bicyclic) bond motifs is 1. The highest BCUT2D eigenvalue weighted by Gasteiger charge is 2.06. The molecule has 0 saturated heterocycles. The predicted molar refractivity (Wildman–Crippen MR) is 133 cm³/mol. The molecule has 3 rings (SSSR count). The minimum absolute atomic E-state index is 0. The van der Waals surface area contributed by atoms with Crippen molar-refractivity contribution < 1.29 is 0 Å². The van der Waals surface area contributed by atoms with E-state index in [0.717, 1.165) is 43.6 Å². The molecule has 0 bridgehead atoms. The summed E-state index contributed by atoms with van der Waals surface area (Å²) in [7, 11) is 0. The molecule has 2 heterocycles. The highest BCUT2D eigenvalue weighted by atomic mass is 127. The fourth-order valence-electron chi connectivity index (χ4n) is 3.22. The summed E-state index contributed by atoms with van der Waals surface area (Å²) in [6.45, 7) is 11.5. The average molecular weight is 521 g/mol. The highest BCUT2D eigenvalue weighted by molar-refractivity contribution is 14.0. The van der Waals surface area contributed by atoms with Gasteiger partial charge in [0, 0.05) is 19.3 Å². The largest absolute Gasteiger partial charge is 0.357 e. The van der Waals surface area contributed by atoms with E-state index in [2.05, 4.69) is 70.8 Å². The molecular weight excluding hydrogens is 489 g/mol. The molecule has 3 aromatic rings. The normalized spacial score (nSPS) is 11.5. The Balaban J connectivity index is 0.00000320. The monoisotopic (exact) mass is 521 g/mol. The van der Waals surface area contributed by atoms with E-state index in [9.17, 15) is 0 Å². The lowest BCUT2D eigenvalue weighted by atomic mass is 10.1. The van der Waals surface area contributed by atoms with E-state index < -0.39 is 0 Å². The van der Waals surface area contributed by atoms with Crippen LogP contribution < -0.4 is 10.6 Å². The van der Waals surface area contributed by atoms with Crippen molar-refractivity contribution in [3.63, 3.8) is 0 Å². The zero-order valence-corrected chi connectivity index (χ0v) is 20.3. The van der Waals surface area contributed by atoms with Crippen LogP contribution in [0.15, 0.2) is 53.7 Å². The van der Waals surface area contributed by atoms with Gasteiger partial charge in [0.1, 0.15) is 0 Å². The van der Waals surface area contributed by atoms with Gasteiger partial charge in [-0.2, -0.15) is 0 Å². The molecule has 0 saturated carbocycles. The van der Waals surface area contributed by atoms with Crippen LogP contribution in [0.3, 0.4) is 0 Å². The lowest BCUT2D eigenvalue weighted by Crippen LogP contribution is -2.37. The highest BCUT2D eigenvalue weighted by Crippen LogP contribution is 2.10. The molecular formula is C22H32IN7. The molecule has 30 heavy (non-hydrogen) atoms. The third-order valence-electron chi connectivity index (χ3n) is 4.85. The topological polar surface area (TPSA) is 69.8 Å². The zero-order valence-electron chi connectivity index (χ0n) is 18.0. The minimum atomic E-state index is 0. The fraction of sp³-hybridized carbons (Fsp3) is 0.409. The van der Waals surface area contributed by atoms with Crippen LogP contribution in [0.2, 0.25) is 0 Å². The standard InChI is InChI=1S/C22H31N7.HI/c1-4-23-22(25-16-21-27-26-20-12-7-8-13-29(20)21)24-15-18-10-9-11-19(14-18)17-28(5-2)6-3;/h7-14H,4-6,15-17H2,1-3H3,(H2,23,24,25);1H. The maximum Gasteiger partial charge on any atom is 0.191 e. The third-order valence-corrected chi connectivity index (χ3v) is 4.85. The number of nitrogens with one attached hydrogen (secondary N) is 2. The molecule has 0 aliphatic rings. The van der Waals surface area contributed by atoms with Crippen LogP contribution in [0.4, 0.5) is 0 Å². The van der Waals surface area contributed by atoms with Gasteiger partial charge in [-0.05, 0) is 43.3 Å². The molecule has 2 N–H and O–H groups in total. The second-order valence-corrected chi connectivity index (χ2v) is 6.88. The van der Waals surface area contributed by atoms with E-state index in [1.54, 1.807) is 0 Å². The van der Waals surface area contributed by atoms with E-state index >= 15 is 0 Å². The van der Waals surface area contributed by atoms with Crippen LogP contribution in [-0.2, 0) is 19.6 Å². The van der Waals surface area contributed by atoms with Crippen LogP contribution in [0, 0.1) is 0 Å². The Bertz CT molecular complexity index is 934. The number of aliphatic imine (C=N–C) groups is 1. The van der Waals surface area contributed by atoms with Crippen molar-refractivity contribution in [2.45, 2.75) is 40.4 Å². The molecule has 0 aliphatic heterocycles. The SMILES string of the molecule is CCNC(=NCc1cccc(CN(CC)CC)c1)NCc1nnc2ccccn12.I. The number of halogens is 1. The minimum Gasteiger partial charge on any atom is -0.357 e. The molecule has 0 aliphatic carbocycles. The molecule has 0 unspecified atom stereocenters. The molecule has 8 heteroatoms. The summed E-state index contributed by atoms with van der Waals surface area (Å²) in [5, 5.41) is 15.1.